The van der Waals surface area contributed by atoms with Crippen molar-refractivity contribution < 1.29 is 13.9 Å². The molecule has 1 aromatic carbocycles. The first-order chi connectivity index (χ1) is 11.0. The molecule has 0 spiro atoms. The number of morpholine rings is 1. The Morgan fingerprint density at radius 1 is 1.26 bits per heavy atom. The van der Waals surface area contributed by atoms with E-state index in [-0.39, 0.29) is 18.1 Å². The van der Waals surface area contributed by atoms with Crippen LogP contribution in [0.5, 0.6) is 0 Å². The number of benzene rings is 1. The number of carbonyl (C=O) groups excluding carboxylic acids is 1. The highest BCUT2D eigenvalue weighted by atomic mass is 19.1. The zero-order chi connectivity index (χ0) is 16.7. The number of ether oxygens (including phenoxy) is 1. The average molecular weight is 322 g/mol. The van der Waals surface area contributed by atoms with E-state index in [1.54, 1.807) is 12.1 Å². The summed E-state index contributed by atoms with van der Waals surface area (Å²) >= 11 is 0. The van der Waals surface area contributed by atoms with Gasteiger partial charge in [0.1, 0.15) is 5.82 Å². The minimum atomic E-state index is -0.279. The van der Waals surface area contributed by atoms with Crippen molar-refractivity contribution in [3.63, 3.8) is 0 Å². The Kier molecular flexibility index (Phi) is 6.99. The van der Waals surface area contributed by atoms with Gasteiger partial charge in [-0.15, -0.1) is 0 Å². The molecule has 0 aliphatic carbocycles. The summed E-state index contributed by atoms with van der Waals surface area (Å²) < 4.78 is 18.3. The molecule has 0 saturated carbocycles. The number of halogens is 1. The summed E-state index contributed by atoms with van der Waals surface area (Å²) in [5, 5.41) is 3.03. The second-order valence-electron chi connectivity index (χ2n) is 6.54. The van der Waals surface area contributed by atoms with Gasteiger partial charge in [0, 0.05) is 25.7 Å². The largest absolute Gasteiger partial charge is 0.379 e. The standard InChI is InChI=1S/C18H27FN2O2/c1-14(2)11-17(21-7-9-23-10-8-21)13-20-18(22)12-15-3-5-16(19)6-4-15/h3-6,14,17H,7-13H2,1-2H3,(H,20,22). The maximum Gasteiger partial charge on any atom is 0.224 e. The van der Waals surface area contributed by atoms with Gasteiger partial charge in [0.15, 0.2) is 0 Å². The van der Waals surface area contributed by atoms with Crippen LogP contribution in [0, 0.1) is 11.7 Å². The maximum atomic E-state index is 12.9. The number of hydrogen-bond acceptors (Lipinski definition) is 3. The molecule has 1 aliphatic rings. The lowest BCUT2D eigenvalue weighted by Crippen LogP contribution is -2.49. The molecule has 2 rings (SSSR count). The van der Waals surface area contributed by atoms with Crippen LogP contribution in [0.2, 0.25) is 0 Å². The Bertz CT molecular complexity index is 484. The average Bonchev–Trinajstić information content (AvgIpc) is 2.54. The first-order valence-corrected chi connectivity index (χ1v) is 8.37. The van der Waals surface area contributed by atoms with Gasteiger partial charge in [-0.25, -0.2) is 4.39 Å². The first kappa shape index (κ1) is 17.9. The topological polar surface area (TPSA) is 41.6 Å². The summed E-state index contributed by atoms with van der Waals surface area (Å²) in [5.74, 6) is 0.286. The van der Waals surface area contributed by atoms with Crippen LogP contribution in [0.3, 0.4) is 0 Å². The lowest BCUT2D eigenvalue weighted by Gasteiger charge is -2.35. The molecular weight excluding hydrogens is 295 g/mol. The zero-order valence-corrected chi connectivity index (χ0v) is 14.1. The van der Waals surface area contributed by atoms with Crippen LogP contribution in [0.1, 0.15) is 25.8 Å². The van der Waals surface area contributed by atoms with Crippen molar-refractivity contribution in [3.05, 3.63) is 35.6 Å². The van der Waals surface area contributed by atoms with Crippen molar-refractivity contribution >= 4 is 5.91 Å². The van der Waals surface area contributed by atoms with E-state index in [4.69, 9.17) is 4.74 Å². The van der Waals surface area contributed by atoms with E-state index in [1.807, 2.05) is 0 Å². The third-order valence-corrected chi connectivity index (χ3v) is 4.12. The minimum Gasteiger partial charge on any atom is -0.379 e. The number of carbonyl (C=O) groups is 1. The van der Waals surface area contributed by atoms with Crippen molar-refractivity contribution in [3.8, 4) is 0 Å². The van der Waals surface area contributed by atoms with Gasteiger partial charge in [0.05, 0.1) is 19.6 Å². The van der Waals surface area contributed by atoms with Crippen LogP contribution in [-0.4, -0.2) is 49.7 Å². The molecule has 128 valence electrons. The summed E-state index contributed by atoms with van der Waals surface area (Å²) in [6.07, 6.45) is 1.34. The molecule has 0 aromatic heterocycles. The molecule has 1 N–H and O–H groups in total. The van der Waals surface area contributed by atoms with E-state index in [1.165, 1.54) is 12.1 Å². The summed E-state index contributed by atoms with van der Waals surface area (Å²) in [7, 11) is 0. The lowest BCUT2D eigenvalue weighted by molar-refractivity contribution is -0.120. The Labute approximate surface area is 138 Å². The highest BCUT2D eigenvalue weighted by Crippen LogP contribution is 2.13. The number of nitrogens with one attached hydrogen (secondary N) is 1. The third-order valence-electron chi connectivity index (χ3n) is 4.12. The zero-order valence-electron chi connectivity index (χ0n) is 14.1. The predicted octanol–water partition coefficient (Wildman–Crippen LogP) is 2.23. The van der Waals surface area contributed by atoms with Crippen molar-refractivity contribution in [1.82, 2.24) is 10.2 Å². The van der Waals surface area contributed by atoms with E-state index in [9.17, 15) is 9.18 Å². The van der Waals surface area contributed by atoms with Crippen LogP contribution in [0.15, 0.2) is 24.3 Å². The highest BCUT2D eigenvalue weighted by molar-refractivity contribution is 5.78. The van der Waals surface area contributed by atoms with E-state index in [0.29, 0.717) is 18.5 Å². The Morgan fingerprint density at radius 2 is 1.91 bits per heavy atom. The summed E-state index contributed by atoms with van der Waals surface area (Å²) in [6.45, 7) is 8.42. The van der Waals surface area contributed by atoms with Gasteiger partial charge in [-0.2, -0.15) is 0 Å². The van der Waals surface area contributed by atoms with Crippen molar-refractivity contribution in [2.24, 2.45) is 5.92 Å². The third kappa shape index (κ3) is 6.28. The van der Waals surface area contributed by atoms with Crippen LogP contribution < -0.4 is 5.32 Å². The molecule has 0 bridgehead atoms. The smallest absolute Gasteiger partial charge is 0.224 e. The number of hydrogen-bond donors (Lipinski definition) is 1. The summed E-state index contributed by atoms with van der Waals surface area (Å²) in [5.41, 5.74) is 0.829. The Hall–Kier alpha value is -1.46. The van der Waals surface area contributed by atoms with E-state index < -0.39 is 0 Å². The second kappa shape index (κ2) is 8.99. The Morgan fingerprint density at radius 3 is 2.52 bits per heavy atom. The molecule has 1 atom stereocenters. The van der Waals surface area contributed by atoms with Gasteiger partial charge in [0.25, 0.3) is 0 Å². The van der Waals surface area contributed by atoms with E-state index in [2.05, 4.69) is 24.1 Å². The number of amides is 1. The van der Waals surface area contributed by atoms with Gasteiger partial charge >= 0.3 is 0 Å². The highest BCUT2D eigenvalue weighted by Gasteiger charge is 2.22. The lowest BCUT2D eigenvalue weighted by atomic mass is 10.0. The molecular formula is C18H27FN2O2. The molecule has 1 fully saturated rings. The fourth-order valence-corrected chi connectivity index (χ4v) is 2.93. The molecule has 1 amide bonds. The van der Waals surface area contributed by atoms with E-state index >= 15 is 0 Å². The van der Waals surface area contributed by atoms with Gasteiger partial charge in [-0.1, -0.05) is 26.0 Å². The van der Waals surface area contributed by atoms with Gasteiger partial charge in [0.2, 0.25) is 5.91 Å². The van der Waals surface area contributed by atoms with Crippen molar-refractivity contribution in [2.75, 3.05) is 32.8 Å². The Balaban J connectivity index is 1.83. The molecule has 1 saturated heterocycles. The summed E-state index contributed by atoms with van der Waals surface area (Å²) in [6, 6.07) is 6.43. The fraction of sp³-hybridized carbons (Fsp3) is 0.611. The van der Waals surface area contributed by atoms with Crippen molar-refractivity contribution in [1.29, 1.82) is 0 Å². The minimum absolute atomic E-state index is 0.0152. The monoisotopic (exact) mass is 322 g/mol. The van der Waals surface area contributed by atoms with Crippen LogP contribution in [-0.2, 0) is 16.0 Å². The fourth-order valence-electron chi connectivity index (χ4n) is 2.93. The molecule has 4 nitrogen and oxygen atoms in total. The normalized spacial score (nSPS) is 17.2. The maximum absolute atomic E-state index is 12.9. The van der Waals surface area contributed by atoms with Gasteiger partial charge < -0.3 is 10.1 Å². The second-order valence-corrected chi connectivity index (χ2v) is 6.54. The molecule has 1 aliphatic heterocycles. The van der Waals surface area contributed by atoms with Gasteiger partial charge in [-0.05, 0) is 30.0 Å². The van der Waals surface area contributed by atoms with E-state index in [0.717, 1.165) is 38.3 Å². The van der Waals surface area contributed by atoms with Crippen LogP contribution in [0.4, 0.5) is 4.39 Å². The van der Waals surface area contributed by atoms with Crippen molar-refractivity contribution in [2.45, 2.75) is 32.7 Å². The molecule has 1 unspecified atom stereocenters. The molecule has 5 heteroatoms. The molecule has 0 radical (unpaired) electrons. The molecule has 23 heavy (non-hydrogen) atoms. The molecule has 1 aromatic rings. The number of rotatable bonds is 7. The molecule has 1 heterocycles. The SMILES string of the molecule is CC(C)CC(CNC(=O)Cc1ccc(F)cc1)N1CCOCC1. The predicted molar refractivity (Wildman–Crippen MR) is 88.7 cm³/mol. The van der Waals surface area contributed by atoms with Crippen LogP contribution in [0.25, 0.3) is 0 Å². The quantitative estimate of drug-likeness (QED) is 0.837. The number of nitrogens with zero attached hydrogens (tertiary/aromatic N) is 1. The summed E-state index contributed by atoms with van der Waals surface area (Å²) in [4.78, 5) is 14.5. The van der Waals surface area contributed by atoms with Crippen LogP contribution >= 0.6 is 0 Å². The van der Waals surface area contributed by atoms with Gasteiger partial charge in [-0.3, -0.25) is 9.69 Å². The first-order valence-electron chi connectivity index (χ1n) is 8.37.